The summed E-state index contributed by atoms with van der Waals surface area (Å²) in [5.41, 5.74) is 10.3. The molecule has 7 heteroatoms. The Morgan fingerprint density at radius 1 is 1.14 bits per heavy atom. The minimum Gasteiger partial charge on any atom is -0.490 e. The molecule has 37 heavy (non-hydrogen) atoms. The van der Waals surface area contributed by atoms with Crippen LogP contribution in [0.5, 0.6) is 17.2 Å². The molecule has 0 saturated heterocycles. The van der Waals surface area contributed by atoms with Crippen molar-refractivity contribution in [3.05, 3.63) is 113 Å². The van der Waals surface area contributed by atoms with Crippen molar-refractivity contribution in [1.82, 2.24) is 0 Å². The van der Waals surface area contributed by atoms with Gasteiger partial charge in [-0.25, -0.2) is 4.79 Å². The Morgan fingerprint density at radius 2 is 1.97 bits per heavy atom. The lowest BCUT2D eigenvalue weighted by atomic mass is 9.83. The van der Waals surface area contributed by atoms with Gasteiger partial charge in [-0.2, -0.15) is 5.26 Å². The minimum atomic E-state index is -0.619. The number of benzene rings is 3. The van der Waals surface area contributed by atoms with Gasteiger partial charge in [0.25, 0.3) is 0 Å². The van der Waals surface area contributed by atoms with Crippen molar-refractivity contribution in [3.63, 3.8) is 0 Å². The molecule has 2 heterocycles. The van der Waals surface area contributed by atoms with Crippen LogP contribution in [0, 0.1) is 25.2 Å². The second kappa shape index (κ2) is 9.59. The second-order valence-electron chi connectivity index (χ2n) is 8.74. The van der Waals surface area contributed by atoms with Crippen LogP contribution >= 0.6 is 0 Å². The number of ether oxygens (including phenoxy) is 3. The first-order valence-electron chi connectivity index (χ1n) is 11.7. The average molecular weight is 493 g/mol. The molecule has 184 valence electrons. The third-order valence-corrected chi connectivity index (χ3v) is 6.24. The van der Waals surface area contributed by atoms with Crippen LogP contribution in [0.15, 0.2) is 89.2 Å². The van der Waals surface area contributed by atoms with Crippen LogP contribution < -0.4 is 19.9 Å². The smallest absolute Gasteiger partial charge is 0.379 e. The van der Waals surface area contributed by atoms with Gasteiger partial charge in [0.2, 0.25) is 11.6 Å². The molecule has 7 nitrogen and oxygen atoms in total. The number of fused-ring (bicyclic) bond motifs is 2. The third kappa shape index (κ3) is 4.41. The molecule has 0 radical (unpaired) electrons. The van der Waals surface area contributed by atoms with Gasteiger partial charge in [0.05, 0.1) is 5.92 Å². The average Bonchev–Trinajstić information content (AvgIpc) is 3.22. The minimum absolute atomic E-state index is 0.00983. The Morgan fingerprint density at radius 3 is 2.76 bits per heavy atom. The summed E-state index contributed by atoms with van der Waals surface area (Å²) in [4.78, 5) is 13.0. The number of hydrogen-bond donors (Lipinski definition) is 1. The Labute approximate surface area is 214 Å². The van der Waals surface area contributed by atoms with Crippen LogP contribution in [0.2, 0.25) is 0 Å². The largest absolute Gasteiger partial charge is 0.490 e. The van der Waals surface area contributed by atoms with Crippen LogP contribution in [0.1, 0.15) is 38.7 Å². The molecule has 1 aliphatic heterocycles. The predicted molar refractivity (Wildman–Crippen MR) is 139 cm³/mol. The van der Waals surface area contributed by atoms with E-state index in [0.717, 1.165) is 16.5 Å². The number of carbonyl (C=O) groups excluding carboxylic acids is 1. The van der Waals surface area contributed by atoms with Crippen molar-refractivity contribution in [2.45, 2.75) is 19.8 Å². The lowest BCUT2D eigenvalue weighted by Crippen LogP contribution is -2.21. The summed E-state index contributed by atoms with van der Waals surface area (Å²) in [6, 6.07) is 20.3. The quantitative estimate of drug-likeness (QED) is 0.198. The van der Waals surface area contributed by atoms with E-state index in [1.807, 2.05) is 56.3 Å². The van der Waals surface area contributed by atoms with E-state index >= 15 is 0 Å². The van der Waals surface area contributed by atoms with Gasteiger partial charge in [-0.15, -0.1) is 0 Å². The van der Waals surface area contributed by atoms with Gasteiger partial charge >= 0.3 is 5.97 Å². The van der Waals surface area contributed by atoms with E-state index in [4.69, 9.17) is 24.4 Å². The maximum absolute atomic E-state index is 13.0. The normalized spacial score (nSPS) is 14.5. The topological polar surface area (TPSA) is 108 Å². The summed E-state index contributed by atoms with van der Waals surface area (Å²) in [7, 11) is 0. The van der Waals surface area contributed by atoms with E-state index in [2.05, 4.69) is 12.6 Å². The van der Waals surface area contributed by atoms with Crippen molar-refractivity contribution in [3.8, 4) is 23.3 Å². The van der Waals surface area contributed by atoms with E-state index < -0.39 is 11.9 Å². The van der Waals surface area contributed by atoms with Gasteiger partial charge in [-0.1, -0.05) is 42.5 Å². The first-order valence-corrected chi connectivity index (χ1v) is 11.7. The fraction of sp³-hybridized carbons (Fsp3) is 0.133. The number of carbonyl (C=O) groups is 1. The summed E-state index contributed by atoms with van der Waals surface area (Å²) in [5, 5.41) is 10.7. The number of nitrogens with zero attached hydrogens (tertiary/aromatic N) is 1. The monoisotopic (exact) mass is 492 g/mol. The van der Waals surface area contributed by atoms with Gasteiger partial charge in [0.1, 0.15) is 41.1 Å². The molecular weight excluding hydrogens is 468 g/mol. The summed E-state index contributed by atoms with van der Waals surface area (Å²) < 4.78 is 22.8. The Bertz CT molecular complexity index is 1620. The van der Waals surface area contributed by atoms with Gasteiger partial charge in [-0.3, -0.25) is 0 Å². The third-order valence-electron chi connectivity index (χ3n) is 6.24. The molecule has 0 aliphatic carbocycles. The summed E-state index contributed by atoms with van der Waals surface area (Å²) >= 11 is 0. The number of furan rings is 1. The molecule has 0 amide bonds. The standard InChI is InChI=1S/C30H24N2O5/c1-4-12-34-20-7-5-6-19(14-20)27-22-10-9-21(15-26(22)37-29(32)24(27)16-31)35-30(33)28-18(3)23-13-17(2)8-11-25(23)36-28/h4-11,13-15,27H,1,12,32H2,2-3H3. The molecule has 1 aliphatic rings. The highest BCUT2D eigenvalue weighted by atomic mass is 16.5. The molecule has 0 fully saturated rings. The van der Waals surface area contributed by atoms with Crippen LogP contribution in [-0.2, 0) is 0 Å². The molecule has 4 aromatic rings. The summed E-state index contributed by atoms with van der Waals surface area (Å²) in [5.74, 6) is 0.321. The lowest BCUT2D eigenvalue weighted by Gasteiger charge is -2.27. The van der Waals surface area contributed by atoms with Crippen molar-refractivity contribution in [1.29, 1.82) is 5.26 Å². The highest BCUT2D eigenvalue weighted by Crippen LogP contribution is 2.44. The maximum atomic E-state index is 13.0. The lowest BCUT2D eigenvalue weighted by molar-refractivity contribution is 0.0702. The van der Waals surface area contributed by atoms with Crippen LogP contribution in [-0.4, -0.2) is 12.6 Å². The molecule has 1 unspecified atom stereocenters. The number of rotatable bonds is 6. The fourth-order valence-corrected chi connectivity index (χ4v) is 4.46. The number of esters is 1. The molecule has 0 saturated carbocycles. The zero-order valence-corrected chi connectivity index (χ0v) is 20.4. The summed E-state index contributed by atoms with van der Waals surface area (Å²) in [6.45, 7) is 7.83. The molecule has 1 atom stereocenters. The van der Waals surface area contributed by atoms with E-state index in [1.54, 1.807) is 24.3 Å². The van der Waals surface area contributed by atoms with Gasteiger partial charge in [0.15, 0.2) is 0 Å². The maximum Gasteiger partial charge on any atom is 0.379 e. The highest BCUT2D eigenvalue weighted by molar-refractivity contribution is 5.97. The molecule has 2 N–H and O–H groups in total. The van der Waals surface area contributed by atoms with Crippen molar-refractivity contribution < 1.29 is 23.4 Å². The number of aryl methyl sites for hydroxylation is 2. The van der Waals surface area contributed by atoms with Crippen LogP contribution in [0.4, 0.5) is 0 Å². The SMILES string of the molecule is C=CCOc1cccc(C2C(C#N)=C(N)Oc3cc(OC(=O)c4oc5ccc(C)cc5c4C)ccc32)c1. The Kier molecular flexibility index (Phi) is 6.16. The first-order chi connectivity index (χ1) is 17.9. The molecule has 5 rings (SSSR count). The summed E-state index contributed by atoms with van der Waals surface area (Å²) in [6.07, 6.45) is 1.66. The number of nitriles is 1. The highest BCUT2D eigenvalue weighted by Gasteiger charge is 2.31. The van der Waals surface area contributed by atoms with Gasteiger partial charge in [-0.05, 0) is 49.7 Å². The fourth-order valence-electron chi connectivity index (χ4n) is 4.46. The van der Waals surface area contributed by atoms with Crippen molar-refractivity contribution >= 4 is 16.9 Å². The van der Waals surface area contributed by atoms with Crippen LogP contribution in [0.25, 0.3) is 11.0 Å². The van der Waals surface area contributed by atoms with E-state index in [0.29, 0.717) is 34.8 Å². The Hall–Kier alpha value is -4.96. The predicted octanol–water partition coefficient (Wildman–Crippen LogP) is 6.05. The van der Waals surface area contributed by atoms with Gasteiger partial charge < -0.3 is 24.4 Å². The van der Waals surface area contributed by atoms with Crippen molar-refractivity contribution in [2.24, 2.45) is 5.73 Å². The molecule has 3 aromatic carbocycles. The van der Waals surface area contributed by atoms with E-state index in [1.165, 1.54) is 0 Å². The zero-order valence-electron chi connectivity index (χ0n) is 20.4. The van der Waals surface area contributed by atoms with E-state index in [9.17, 15) is 10.1 Å². The number of allylic oxidation sites excluding steroid dienone is 1. The van der Waals surface area contributed by atoms with Crippen LogP contribution in [0.3, 0.4) is 0 Å². The number of hydrogen-bond acceptors (Lipinski definition) is 7. The molecule has 1 aromatic heterocycles. The first kappa shape index (κ1) is 23.8. The van der Waals surface area contributed by atoms with Gasteiger partial charge in [0, 0.05) is 22.6 Å². The second-order valence-corrected chi connectivity index (χ2v) is 8.74. The number of nitrogens with two attached hydrogens (primary N) is 1. The van der Waals surface area contributed by atoms with Crippen molar-refractivity contribution in [2.75, 3.05) is 6.61 Å². The Balaban J connectivity index is 1.47. The van der Waals surface area contributed by atoms with E-state index in [-0.39, 0.29) is 23.0 Å². The molecule has 0 bridgehead atoms. The molecular formula is C30H24N2O5. The zero-order chi connectivity index (χ0) is 26.1. The molecule has 0 spiro atoms.